The molecule has 1 saturated heterocycles. The number of thiocarbonyl (C=S) groups is 1. The van der Waals surface area contributed by atoms with Gasteiger partial charge in [0.25, 0.3) is 11.8 Å². The molecule has 0 aliphatic carbocycles. The Morgan fingerprint density at radius 3 is 2.68 bits per heavy atom. The van der Waals surface area contributed by atoms with Crippen LogP contribution in [0.4, 0.5) is 4.39 Å². The number of carbonyl (C=O) groups excluding carboxylic acids is 1. The maximum Gasteiger partial charge on any atom is 0.266 e. The highest BCUT2D eigenvalue weighted by molar-refractivity contribution is 8.26. The third-order valence-electron chi connectivity index (χ3n) is 5.15. The van der Waals surface area contributed by atoms with Gasteiger partial charge in [-0.05, 0) is 40.1 Å². The van der Waals surface area contributed by atoms with Crippen molar-refractivity contribution in [2.45, 2.75) is 6.54 Å². The SMILES string of the molecule is O=C1/C(=C/c2c(Oc3nc(Cl)ncc3F)ccc3ccccc23)SC(=S)N1Cc1ccccc1. The molecule has 168 valence electrons. The average Bonchev–Trinajstić information content (AvgIpc) is 3.11. The quantitative estimate of drug-likeness (QED) is 0.172. The summed E-state index contributed by atoms with van der Waals surface area (Å²) in [7, 11) is 0. The van der Waals surface area contributed by atoms with E-state index in [1.165, 1.54) is 11.8 Å². The number of ether oxygens (including phenoxy) is 1. The number of rotatable bonds is 5. The van der Waals surface area contributed by atoms with Crippen molar-refractivity contribution in [1.82, 2.24) is 14.9 Å². The second-order valence-corrected chi connectivity index (χ2v) is 9.36. The number of aromatic nitrogens is 2. The minimum atomic E-state index is -0.752. The Hall–Kier alpha value is -3.33. The van der Waals surface area contributed by atoms with Gasteiger partial charge in [-0.1, -0.05) is 84.6 Å². The molecule has 0 spiro atoms. The van der Waals surface area contributed by atoms with Crippen molar-refractivity contribution in [2.75, 3.05) is 0 Å². The van der Waals surface area contributed by atoms with Crippen LogP contribution >= 0.6 is 35.6 Å². The molecule has 0 bridgehead atoms. The van der Waals surface area contributed by atoms with Gasteiger partial charge in [-0.3, -0.25) is 9.69 Å². The Morgan fingerprint density at radius 2 is 1.85 bits per heavy atom. The van der Waals surface area contributed by atoms with Crippen LogP contribution in [0, 0.1) is 5.82 Å². The van der Waals surface area contributed by atoms with Gasteiger partial charge in [-0.25, -0.2) is 4.98 Å². The molecule has 5 nitrogen and oxygen atoms in total. The summed E-state index contributed by atoms with van der Waals surface area (Å²) >= 11 is 12.5. The number of amides is 1. The Balaban J connectivity index is 1.56. The number of nitrogens with zero attached hydrogens (tertiary/aromatic N) is 3. The van der Waals surface area contributed by atoms with Gasteiger partial charge < -0.3 is 4.74 Å². The third-order valence-corrected chi connectivity index (χ3v) is 6.71. The lowest BCUT2D eigenvalue weighted by Gasteiger charge is -2.14. The summed E-state index contributed by atoms with van der Waals surface area (Å²) in [5.41, 5.74) is 1.58. The first-order valence-corrected chi connectivity index (χ1v) is 11.8. The van der Waals surface area contributed by atoms with Crippen molar-refractivity contribution in [3.63, 3.8) is 0 Å². The molecule has 1 aromatic heterocycles. The Morgan fingerprint density at radius 1 is 1.09 bits per heavy atom. The summed E-state index contributed by atoms with van der Waals surface area (Å²) in [5, 5.41) is 1.62. The molecule has 1 fully saturated rings. The third kappa shape index (κ3) is 4.52. The van der Waals surface area contributed by atoms with Gasteiger partial charge in [0.2, 0.25) is 11.1 Å². The summed E-state index contributed by atoms with van der Waals surface area (Å²) in [6.07, 6.45) is 2.67. The number of carbonyl (C=O) groups is 1. The monoisotopic (exact) mass is 507 g/mol. The topological polar surface area (TPSA) is 55.3 Å². The van der Waals surface area contributed by atoms with Gasteiger partial charge in [0.15, 0.2) is 0 Å². The zero-order valence-corrected chi connectivity index (χ0v) is 19.8. The molecule has 9 heteroatoms. The lowest BCUT2D eigenvalue weighted by molar-refractivity contribution is -0.122. The number of hydrogen-bond donors (Lipinski definition) is 0. The number of fused-ring (bicyclic) bond motifs is 1. The van der Waals surface area contributed by atoms with Crippen LogP contribution in [-0.2, 0) is 11.3 Å². The van der Waals surface area contributed by atoms with E-state index in [0.717, 1.165) is 22.5 Å². The van der Waals surface area contributed by atoms with Crippen LogP contribution in [0.5, 0.6) is 11.6 Å². The minimum absolute atomic E-state index is 0.138. The highest BCUT2D eigenvalue weighted by atomic mass is 35.5. The van der Waals surface area contributed by atoms with Crippen LogP contribution in [0.15, 0.2) is 77.8 Å². The molecule has 5 rings (SSSR count). The molecule has 1 aliphatic rings. The predicted molar refractivity (Wildman–Crippen MR) is 136 cm³/mol. The predicted octanol–water partition coefficient (Wildman–Crippen LogP) is 6.62. The van der Waals surface area contributed by atoms with Crippen LogP contribution in [-0.4, -0.2) is 25.1 Å². The number of thioether (sulfide) groups is 1. The molecule has 0 saturated carbocycles. The second kappa shape index (κ2) is 9.50. The Labute approximate surface area is 209 Å². The van der Waals surface area contributed by atoms with Crippen molar-refractivity contribution in [2.24, 2.45) is 0 Å². The van der Waals surface area contributed by atoms with E-state index in [0.29, 0.717) is 27.1 Å². The standard InChI is InChI=1S/C25H15ClFN3O2S2/c26-24-28-13-19(27)22(29-24)32-20-11-10-16-8-4-5-9-17(16)18(20)12-21-23(31)30(25(33)34-21)14-15-6-2-1-3-7-15/h1-13H,14H2/b21-12-. The highest BCUT2D eigenvalue weighted by Crippen LogP contribution is 2.39. The summed E-state index contributed by atoms with van der Waals surface area (Å²) in [6, 6.07) is 20.8. The van der Waals surface area contributed by atoms with E-state index in [4.69, 9.17) is 28.6 Å². The lowest BCUT2D eigenvalue weighted by atomic mass is 10.0. The van der Waals surface area contributed by atoms with Gasteiger partial charge in [-0.2, -0.15) is 9.37 Å². The fraction of sp³-hybridized carbons (Fsp3) is 0.0400. The van der Waals surface area contributed by atoms with Crippen molar-refractivity contribution < 1.29 is 13.9 Å². The minimum Gasteiger partial charge on any atom is -0.436 e. The first-order valence-electron chi connectivity index (χ1n) is 10.2. The highest BCUT2D eigenvalue weighted by Gasteiger charge is 2.32. The van der Waals surface area contributed by atoms with Crippen molar-refractivity contribution >= 4 is 62.7 Å². The van der Waals surface area contributed by atoms with E-state index in [1.807, 2.05) is 60.7 Å². The zero-order chi connectivity index (χ0) is 23.7. The van der Waals surface area contributed by atoms with E-state index in [1.54, 1.807) is 17.0 Å². The van der Waals surface area contributed by atoms with E-state index in [-0.39, 0.29) is 17.1 Å². The maximum atomic E-state index is 14.3. The molecule has 2 heterocycles. The fourth-order valence-electron chi connectivity index (χ4n) is 3.55. The fourth-order valence-corrected chi connectivity index (χ4v) is 4.92. The van der Waals surface area contributed by atoms with Crippen LogP contribution in [0.25, 0.3) is 16.8 Å². The van der Waals surface area contributed by atoms with Gasteiger partial charge in [0.1, 0.15) is 10.1 Å². The summed E-state index contributed by atoms with van der Waals surface area (Å²) in [4.78, 5) is 22.7. The zero-order valence-electron chi connectivity index (χ0n) is 17.4. The van der Waals surface area contributed by atoms with Crippen molar-refractivity contribution in [1.29, 1.82) is 0 Å². The lowest BCUT2D eigenvalue weighted by Crippen LogP contribution is -2.27. The molecule has 0 N–H and O–H groups in total. The molecular weight excluding hydrogens is 493 g/mol. The summed E-state index contributed by atoms with van der Waals surface area (Å²) in [6.45, 7) is 0.381. The van der Waals surface area contributed by atoms with E-state index < -0.39 is 5.82 Å². The first-order chi connectivity index (χ1) is 16.5. The maximum absolute atomic E-state index is 14.3. The van der Waals surface area contributed by atoms with Gasteiger partial charge in [0, 0.05) is 5.56 Å². The number of halogens is 2. The molecule has 1 aliphatic heterocycles. The van der Waals surface area contributed by atoms with Gasteiger partial charge >= 0.3 is 0 Å². The van der Waals surface area contributed by atoms with Crippen molar-refractivity contribution in [3.8, 4) is 11.6 Å². The molecule has 0 radical (unpaired) electrons. The normalized spacial score (nSPS) is 14.9. The van der Waals surface area contributed by atoms with E-state index in [9.17, 15) is 9.18 Å². The van der Waals surface area contributed by atoms with Crippen LogP contribution in [0.3, 0.4) is 0 Å². The summed E-state index contributed by atoms with van der Waals surface area (Å²) < 4.78 is 20.5. The Kier molecular flexibility index (Phi) is 6.28. The van der Waals surface area contributed by atoms with Crippen LogP contribution < -0.4 is 4.74 Å². The van der Waals surface area contributed by atoms with Gasteiger partial charge in [-0.15, -0.1) is 0 Å². The molecular formula is C25H15ClFN3O2S2. The first kappa shape index (κ1) is 22.5. The summed E-state index contributed by atoms with van der Waals surface area (Å²) in [5.74, 6) is -0.936. The van der Waals surface area contributed by atoms with Crippen molar-refractivity contribution in [3.05, 3.63) is 100 Å². The van der Waals surface area contributed by atoms with Crippen LogP contribution in [0.2, 0.25) is 5.28 Å². The average molecular weight is 508 g/mol. The number of hydrogen-bond acceptors (Lipinski definition) is 6. The number of benzene rings is 3. The van der Waals surface area contributed by atoms with Gasteiger partial charge in [0.05, 0.1) is 17.6 Å². The molecule has 1 amide bonds. The largest absolute Gasteiger partial charge is 0.436 e. The molecule has 34 heavy (non-hydrogen) atoms. The molecule has 0 atom stereocenters. The second-order valence-electron chi connectivity index (χ2n) is 7.35. The van der Waals surface area contributed by atoms with E-state index in [2.05, 4.69) is 9.97 Å². The molecule has 3 aromatic carbocycles. The van der Waals surface area contributed by atoms with E-state index >= 15 is 0 Å². The smallest absolute Gasteiger partial charge is 0.266 e. The Bertz CT molecular complexity index is 1460. The molecule has 0 unspecified atom stereocenters. The molecule has 4 aromatic rings. The van der Waals surface area contributed by atoms with Crippen LogP contribution in [0.1, 0.15) is 11.1 Å².